The molecule has 0 saturated carbocycles. The van der Waals surface area contributed by atoms with E-state index in [9.17, 15) is 10.2 Å². The van der Waals surface area contributed by atoms with Gasteiger partial charge >= 0.3 is 0 Å². The van der Waals surface area contributed by atoms with Crippen LogP contribution in [0.1, 0.15) is 52.7 Å². The first kappa shape index (κ1) is 26.3. The summed E-state index contributed by atoms with van der Waals surface area (Å²) in [6.45, 7) is 11.9. The summed E-state index contributed by atoms with van der Waals surface area (Å²) in [5.74, 6) is 0.417. The van der Waals surface area contributed by atoms with Gasteiger partial charge < -0.3 is 10.2 Å². The van der Waals surface area contributed by atoms with Crippen LogP contribution in [0.25, 0.3) is 0 Å². The number of para-hydroxylation sites is 2. The summed E-state index contributed by atoms with van der Waals surface area (Å²) >= 11 is 0. The molecule has 0 aliphatic rings. The Morgan fingerprint density at radius 2 is 1.00 bits per heavy atom. The van der Waals surface area contributed by atoms with Gasteiger partial charge in [0.25, 0.3) is 0 Å². The molecule has 2 rings (SSSR count). The number of phenols is 2. The standard InChI is InChI=1S/C17H18N2O2.2C2H6.Pt/c1-12(14-7-3-5-9-16(14)20)18-11-19-13(2)15-8-4-6-10-17(15)21;2*1-2;/h3-10,20-21H,11H2,1-2H3;2*1-2H3;. The van der Waals surface area contributed by atoms with E-state index < -0.39 is 0 Å². The molecule has 0 fully saturated rings. The van der Waals surface area contributed by atoms with Crippen molar-refractivity contribution in [3.05, 3.63) is 59.7 Å². The van der Waals surface area contributed by atoms with Crippen molar-refractivity contribution in [1.82, 2.24) is 0 Å². The predicted octanol–water partition coefficient (Wildman–Crippen LogP) is 5.42. The van der Waals surface area contributed by atoms with Gasteiger partial charge in [-0.15, -0.1) is 0 Å². The minimum absolute atomic E-state index is 0. The van der Waals surface area contributed by atoms with E-state index in [2.05, 4.69) is 9.98 Å². The fraction of sp³-hybridized carbons (Fsp3) is 0.333. The van der Waals surface area contributed by atoms with Crippen LogP contribution in [0.2, 0.25) is 0 Å². The smallest absolute Gasteiger partial charge is 0.129 e. The van der Waals surface area contributed by atoms with Crippen LogP contribution >= 0.6 is 0 Å². The Bertz CT molecular complexity index is 638. The number of aliphatic imine (C=N–C) groups is 2. The van der Waals surface area contributed by atoms with E-state index in [1.54, 1.807) is 24.3 Å². The van der Waals surface area contributed by atoms with Crippen molar-refractivity contribution in [3.63, 3.8) is 0 Å². The van der Waals surface area contributed by atoms with Crippen LogP contribution in [-0.4, -0.2) is 28.3 Å². The Morgan fingerprint density at radius 1 is 0.692 bits per heavy atom. The zero-order valence-corrected chi connectivity index (χ0v) is 18.7. The van der Waals surface area contributed by atoms with Crippen LogP contribution in [0.3, 0.4) is 0 Å². The predicted molar refractivity (Wildman–Crippen MR) is 108 cm³/mol. The maximum absolute atomic E-state index is 9.75. The molecule has 146 valence electrons. The molecule has 0 atom stereocenters. The molecule has 0 unspecified atom stereocenters. The molecule has 0 aromatic heterocycles. The third kappa shape index (κ3) is 8.44. The average Bonchev–Trinajstić information content (AvgIpc) is 2.65. The van der Waals surface area contributed by atoms with Gasteiger partial charge in [-0.1, -0.05) is 52.0 Å². The molecule has 0 saturated heterocycles. The van der Waals surface area contributed by atoms with Gasteiger partial charge in [-0.25, -0.2) is 0 Å². The molecule has 2 aromatic rings. The van der Waals surface area contributed by atoms with E-state index in [1.165, 1.54) is 0 Å². The van der Waals surface area contributed by atoms with Crippen molar-refractivity contribution in [2.75, 3.05) is 6.67 Å². The molecule has 26 heavy (non-hydrogen) atoms. The first-order chi connectivity index (χ1) is 12.1. The Labute approximate surface area is 172 Å². The van der Waals surface area contributed by atoms with Crippen molar-refractivity contribution in [2.45, 2.75) is 41.5 Å². The topological polar surface area (TPSA) is 65.2 Å². The number of benzene rings is 2. The number of hydrogen-bond donors (Lipinski definition) is 2. The molecular formula is C21H30N2O2Pt. The van der Waals surface area contributed by atoms with Crippen LogP contribution in [0.15, 0.2) is 58.5 Å². The summed E-state index contributed by atoms with van der Waals surface area (Å²) in [5.41, 5.74) is 2.85. The zero-order chi connectivity index (χ0) is 19.2. The number of hydrogen-bond acceptors (Lipinski definition) is 4. The quantitative estimate of drug-likeness (QED) is 0.512. The molecular weight excluding hydrogens is 507 g/mol. The summed E-state index contributed by atoms with van der Waals surface area (Å²) in [5, 5.41) is 19.5. The van der Waals surface area contributed by atoms with Crippen LogP contribution in [0.4, 0.5) is 0 Å². The monoisotopic (exact) mass is 537 g/mol. The van der Waals surface area contributed by atoms with E-state index in [4.69, 9.17) is 0 Å². The number of nitrogens with zero attached hydrogens (tertiary/aromatic N) is 2. The number of rotatable bonds is 4. The van der Waals surface area contributed by atoms with Crippen molar-refractivity contribution in [1.29, 1.82) is 0 Å². The van der Waals surface area contributed by atoms with E-state index in [-0.39, 0.29) is 39.2 Å². The van der Waals surface area contributed by atoms with Gasteiger partial charge in [0, 0.05) is 43.6 Å². The van der Waals surface area contributed by atoms with E-state index in [0.717, 1.165) is 11.4 Å². The summed E-state index contributed by atoms with van der Waals surface area (Å²) < 4.78 is 0. The number of phenolic OH excluding ortho intramolecular Hbond substituents is 2. The summed E-state index contributed by atoms with van der Waals surface area (Å²) in [7, 11) is 0. The molecule has 0 aliphatic carbocycles. The molecule has 0 bridgehead atoms. The first-order valence-electron chi connectivity index (χ1n) is 8.68. The molecule has 2 N–H and O–H groups in total. The average molecular weight is 538 g/mol. The molecule has 5 heteroatoms. The van der Waals surface area contributed by atoms with E-state index >= 15 is 0 Å². The Hall–Kier alpha value is -1.93. The van der Waals surface area contributed by atoms with Crippen molar-refractivity contribution in [3.8, 4) is 11.5 Å². The first-order valence-corrected chi connectivity index (χ1v) is 8.68. The van der Waals surface area contributed by atoms with Crippen LogP contribution in [-0.2, 0) is 21.1 Å². The minimum Gasteiger partial charge on any atom is -0.507 e. The molecule has 2 aromatic carbocycles. The van der Waals surface area contributed by atoms with Gasteiger partial charge in [0.05, 0.1) is 0 Å². The summed E-state index contributed by atoms with van der Waals surface area (Å²) in [6, 6.07) is 14.1. The van der Waals surface area contributed by atoms with Crippen molar-refractivity contribution < 1.29 is 31.3 Å². The van der Waals surface area contributed by atoms with Gasteiger partial charge in [-0.3, -0.25) is 9.98 Å². The van der Waals surface area contributed by atoms with E-state index in [1.807, 2.05) is 65.8 Å². The van der Waals surface area contributed by atoms with Crippen molar-refractivity contribution in [2.24, 2.45) is 9.98 Å². The number of aromatic hydroxyl groups is 2. The Kier molecular flexibility index (Phi) is 15.5. The Balaban J connectivity index is 0. The zero-order valence-electron chi connectivity index (χ0n) is 16.4. The molecule has 0 aliphatic heterocycles. The van der Waals surface area contributed by atoms with Crippen molar-refractivity contribution >= 4 is 11.4 Å². The fourth-order valence-electron chi connectivity index (χ4n) is 1.98. The van der Waals surface area contributed by atoms with Crippen LogP contribution in [0, 0.1) is 0 Å². The van der Waals surface area contributed by atoms with Gasteiger partial charge in [-0.2, -0.15) is 0 Å². The maximum Gasteiger partial charge on any atom is 0.129 e. The van der Waals surface area contributed by atoms with Gasteiger partial charge in [0.1, 0.15) is 18.2 Å². The molecule has 0 heterocycles. The molecule has 0 spiro atoms. The molecule has 4 nitrogen and oxygen atoms in total. The molecule has 0 radical (unpaired) electrons. The normalized spacial score (nSPS) is 10.5. The largest absolute Gasteiger partial charge is 0.507 e. The second kappa shape index (κ2) is 15.3. The second-order valence-corrected chi connectivity index (χ2v) is 4.66. The third-order valence-electron chi connectivity index (χ3n) is 3.20. The van der Waals surface area contributed by atoms with Gasteiger partial charge in [0.2, 0.25) is 0 Å². The SMILES string of the molecule is CC.CC.CC(=NCN=C(C)c1ccccc1O)c1ccccc1O.[Pt]. The van der Waals surface area contributed by atoms with Crippen LogP contribution in [0.5, 0.6) is 11.5 Å². The van der Waals surface area contributed by atoms with Crippen LogP contribution < -0.4 is 0 Å². The Morgan fingerprint density at radius 3 is 1.31 bits per heavy atom. The van der Waals surface area contributed by atoms with Gasteiger partial charge in [0.15, 0.2) is 0 Å². The second-order valence-electron chi connectivity index (χ2n) is 4.66. The van der Waals surface area contributed by atoms with E-state index in [0.29, 0.717) is 11.1 Å². The molecule has 0 amide bonds. The third-order valence-corrected chi connectivity index (χ3v) is 3.20. The minimum atomic E-state index is 0. The van der Waals surface area contributed by atoms with Gasteiger partial charge in [-0.05, 0) is 38.1 Å². The summed E-state index contributed by atoms with van der Waals surface area (Å²) in [4.78, 5) is 8.68. The summed E-state index contributed by atoms with van der Waals surface area (Å²) in [6.07, 6.45) is 0. The maximum atomic E-state index is 9.75. The fourth-order valence-corrected chi connectivity index (χ4v) is 1.98.